The topological polar surface area (TPSA) is 78.0 Å². The van der Waals surface area contributed by atoms with Crippen LogP contribution in [0, 0.1) is 6.92 Å². The van der Waals surface area contributed by atoms with Crippen LogP contribution in [-0.2, 0) is 9.84 Å². The molecule has 1 aromatic carbocycles. The van der Waals surface area contributed by atoms with Gasteiger partial charge >= 0.3 is 5.51 Å². The molecule has 0 aliphatic heterocycles. The van der Waals surface area contributed by atoms with Gasteiger partial charge in [0.1, 0.15) is 10.7 Å². The molecule has 0 spiro atoms. The summed E-state index contributed by atoms with van der Waals surface area (Å²) in [5.74, 6) is 0.115. The monoisotopic (exact) mass is 305 g/mol. The van der Waals surface area contributed by atoms with E-state index in [0.717, 1.165) is 10.7 Å². The lowest BCUT2D eigenvalue weighted by molar-refractivity contribution is -0.0436. The molecule has 0 atom stereocenters. The molecule has 0 amide bonds. The molecule has 2 aromatic rings. The molecule has 9 heteroatoms. The highest BCUT2D eigenvalue weighted by Crippen LogP contribution is 2.33. The van der Waals surface area contributed by atoms with E-state index in [9.17, 15) is 21.6 Å². The molecule has 0 saturated carbocycles. The smallest absolute Gasteiger partial charge is 0.382 e. The minimum atomic E-state index is -5.46. The Morgan fingerprint density at radius 2 is 1.85 bits per heavy atom. The van der Waals surface area contributed by atoms with Crippen LogP contribution in [0.3, 0.4) is 0 Å². The zero-order valence-corrected chi connectivity index (χ0v) is 11.0. The van der Waals surface area contributed by atoms with Gasteiger partial charge in [-0.25, -0.2) is 13.1 Å². The average molecular weight is 305 g/mol. The van der Waals surface area contributed by atoms with Crippen LogP contribution in [0.2, 0.25) is 0 Å². The van der Waals surface area contributed by atoms with Gasteiger partial charge in [0, 0.05) is 11.8 Å². The highest BCUT2D eigenvalue weighted by atomic mass is 32.2. The van der Waals surface area contributed by atoms with Crippen LogP contribution in [0.4, 0.5) is 19.0 Å². The largest absolute Gasteiger partial charge is 0.501 e. The van der Waals surface area contributed by atoms with Crippen LogP contribution in [0.15, 0.2) is 35.4 Å². The number of halogens is 3. The Labute approximate surface area is 112 Å². The fourth-order valence-corrected chi connectivity index (χ4v) is 2.54. The maximum atomic E-state index is 12.7. The van der Waals surface area contributed by atoms with Crippen molar-refractivity contribution < 1.29 is 21.6 Å². The number of nitrogens with two attached hydrogens (primary N) is 1. The molecule has 0 bridgehead atoms. The number of sulfone groups is 1. The van der Waals surface area contributed by atoms with Gasteiger partial charge in [0.25, 0.3) is 9.84 Å². The highest BCUT2D eigenvalue weighted by molar-refractivity contribution is 7.92. The molecule has 2 N–H and O–H groups in total. The van der Waals surface area contributed by atoms with Crippen molar-refractivity contribution in [1.29, 1.82) is 0 Å². The first-order chi connectivity index (χ1) is 9.14. The second kappa shape index (κ2) is 4.51. The summed E-state index contributed by atoms with van der Waals surface area (Å²) in [5, 5.41) is 3.80. The molecule has 0 radical (unpaired) electrons. The first-order valence-electron chi connectivity index (χ1n) is 5.37. The zero-order valence-electron chi connectivity index (χ0n) is 10.2. The molecule has 0 aliphatic carbocycles. The quantitative estimate of drug-likeness (QED) is 0.921. The van der Waals surface area contributed by atoms with Gasteiger partial charge < -0.3 is 5.73 Å². The second-order valence-corrected chi connectivity index (χ2v) is 5.97. The minimum Gasteiger partial charge on any atom is -0.382 e. The predicted octanol–water partition coefficient (Wildman–Crippen LogP) is 2.06. The minimum absolute atomic E-state index is 0.115. The van der Waals surface area contributed by atoms with Gasteiger partial charge in [-0.05, 0) is 19.1 Å². The summed E-state index contributed by atoms with van der Waals surface area (Å²) < 4.78 is 62.1. The summed E-state index contributed by atoms with van der Waals surface area (Å²) in [6, 6.07) is 4.73. The molecule has 1 aromatic heterocycles. The lowest BCUT2D eigenvalue weighted by atomic mass is 10.3. The summed E-state index contributed by atoms with van der Waals surface area (Å²) in [7, 11) is -5.46. The standard InChI is InChI=1S/C11H10F3N3O2S/c1-7-6-17(16-10(7)15)8-4-2-3-5-9(8)20(18,19)11(12,13)14/h2-6H,1H3,(H2,15,16). The second-order valence-electron chi connectivity index (χ2n) is 4.06. The van der Waals surface area contributed by atoms with Crippen molar-refractivity contribution in [3.63, 3.8) is 0 Å². The third kappa shape index (κ3) is 2.24. The van der Waals surface area contributed by atoms with E-state index in [0.29, 0.717) is 5.56 Å². The number of benzene rings is 1. The number of nitrogens with zero attached hydrogens (tertiary/aromatic N) is 2. The normalized spacial score (nSPS) is 12.6. The fraction of sp³-hybridized carbons (Fsp3) is 0.182. The van der Waals surface area contributed by atoms with Crippen LogP contribution in [0.1, 0.15) is 5.56 Å². The highest BCUT2D eigenvalue weighted by Gasteiger charge is 2.48. The summed E-state index contributed by atoms with van der Waals surface area (Å²) in [6.45, 7) is 1.61. The van der Waals surface area contributed by atoms with Gasteiger partial charge in [-0.2, -0.15) is 18.3 Å². The van der Waals surface area contributed by atoms with Crippen molar-refractivity contribution in [2.45, 2.75) is 17.3 Å². The number of alkyl halides is 3. The number of hydrogen-bond donors (Lipinski definition) is 1. The molecular weight excluding hydrogens is 295 g/mol. The Kier molecular flexibility index (Phi) is 3.24. The molecule has 0 fully saturated rings. The lowest BCUT2D eigenvalue weighted by Crippen LogP contribution is -2.24. The van der Waals surface area contributed by atoms with E-state index in [2.05, 4.69) is 5.10 Å². The fourth-order valence-electron chi connectivity index (χ4n) is 1.60. The van der Waals surface area contributed by atoms with Gasteiger partial charge in [0.2, 0.25) is 0 Å². The summed E-state index contributed by atoms with van der Waals surface area (Å²) in [6.07, 6.45) is 1.36. The Morgan fingerprint density at radius 1 is 1.25 bits per heavy atom. The summed E-state index contributed by atoms with van der Waals surface area (Å²) >= 11 is 0. The number of nitrogen functional groups attached to an aromatic ring is 1. The third-order valence-electron chi connectivity index (χ3n) is 2.64. The van der Waals surface area contributed by atoms with E-state index < -0.39 is 20.2 Å². The lowest BCUT2D eigenvalue weighted by Gasteiger charge is -2.12. The first kappa shape index (κ1) is 14.4. The van der Waals surface area contributed by atoms with E-state index in [-0.39, 0.29) is 11.5 Å². The number of anilines is 1. The zero-order chi connectivity index (χ0) is 15.1. The Balaban J connectivity index is 2.70. The molecule has 5 nitrogen and oxygen atoms in total. The molecule has 0 saturated heterocycles. The van der Waals surface area contributed by atoms with Gasteiger partial charge in [0.05, 0.1) is 5.69 Å². The van der Waals surface area contributed by atoms with Gasteiger partial charge in [-0.1, -0.05) is 12.1 Å². The molecule has 20 heavy (non-hydrogen) atoms. The molecule has 0 unspecified atom stereocenters. The molecule has 1 heterocycles. The Hall–Kier alpha value is -2.03. The maximum Gasteiger partial charge on any atom is 0.501 e. The number of aromatic nitrogens is 2. The van der Waals surface area contributed by atoms with Crippen molar-refractivity contribution in [2.24, 2.45) is 0 Å². The average Bonchev–Trinajstić information content (AvgIpc) is 2.68. The predicted molar refractivity (Wildman–Crippen MR) is 66.0 cm³/mol. The summed E-state index contributed by atoms with van der Waals surface area (Å²) in [4.78, 5) is -0.866. The van der Waals surface area contributed by atoms with Crippen LogP contribution in [0.5, 0.6) is 0 Å². The number of hydrogen-bond acceptors (Lipinski definition) is 4. The van der Waals surface area contributed by atoms with Crippen LogP contribution in [-0.4, -0.2) is 23.7 Å². The van der Waals surface area contributed by atoms with Gasteiger partial charge in [-0.3, -0.25) is 0 Å². The SMILES string of the molecule is Cc1cn(-c2ccccc2S(=O)(=O)C(F)(F)F)nc1N. The molecule has 108 valence electrons. The Bertz CT molecular complexity index is 731. The number of aryl methyl sites for hydroxylation is 1. The maximum absolute atomic E-state index is 12.7. The van der Waals surface area contributed by atoms with Crippen LogP contribution < -0.4 is 5.73 Å². The van der Waals surface area contributed by atoms with E-state index in [1.807, 2.05) is 0 Å². The van der Waals surface area contributed by atoms with Crippen LogP contribution in [0.25, 0.3) is 5.69 Å². The number of para-hydroxylation sites is 1. The van der Waals surface area contributed by atoms with Crippen LogP contribution >= 0.6 is 0 Å². The van der Waals surface area contributed by atoms with Gasteiger partial charge in [-0.15, -0.1) is 0 Å². The van der Waals surface area contributed by atoms with Crippen molar-refractivity contribution in [3.8, 4) is 5.69 Å². The van der Waals surface area contributed by atoms with E-state index in [1.165, 1.54) is 24.4 Å². The van der Waals surface area contributed by atoms with Crippen molar-refractivity contribution in [3.05, 3.63) is 36.0 Å². The van der Waals surface area contributed by atoms with Crippen molar-refractivity contribution in [2.75, 3.05) is 5.73 Å². The van der Waals surface area contributed by atoms with E-state index in [1.54, 1.807) is 6.92 Å². The molecule has 0 aliphatic rings. The van der Waals surface area contributed by atoms with E-state index >= 15 is 0 Å². The molecule has 2 rings (SSSR count). The molecular formula is C11H10F3N3O2S. The summed E-state index contributed by atoms with van der Waals surface area (Å²) in [5.41, 5.74) is 0.469. The van der Waals surface area contributed by atoms with Gasteiger partial charge in [0.15, 0.2) is 0 Å². The third-order valence-corrected chi connectivity index (χ3v) is 4.18. The van der Waals surface area contributed by atoms with E-state index in [4.69, 9.17) is 5.73 Å². The van der Waals surface area contributed by atoms with Crippen molar-refractivity contribution in [1.82, 2.24) is 9.78 Å². The Morgan fingerprint density at radius 3 is 2.35 bits per heavy atom. The number of rotatable bonds is 2. The first-order valence-corrected chi connectivity index (χ1v) is 6.85. The van der Waals surface area contributed by atoms with Crippen molar-refractivity contribution >= 4 is 15.7 Å².